The maximum Gasteiger partial charge on any atom is 0.154 e. The number of benzene rings is 1. The Balaban J connectivity index is 3.38. The van der Waals surface area contributed by atoms with E-state index < -0.39 is 0 Å². The molecule has 0 aliphatic heterocycles. The zero-order valence-electron chi connectivity index (χ0n) is 8.16. The molecule has 70 valence electrons. The maximum atomic E-state index is 10.7. The third kappa shape index (κ3) is 1.89. The van der Waals surface area contributed by atoms with Crippen LogP contribution in [-0.4, -0.2) is 11.4 Å². The number of hydrogen-bond donors (Lipinski definition) is 1. The Morgan fingerprint density at radius 1 is 1.38 bits per heavy atom. The minimum atomic E-state index is 0.0821. The molecule has 0 atom stereocenters. The predicted octanol–water partition coefficient (Wildman–Crippen LogP) is 2.64. The van der Waals surface area contributed by atoms with Gasteiger partial charge in [0.1, 0.15) is 5.75 Å². The molecule has 0 amide bonds. The van der Waals surface area contributed by atoms with Crippen LogP contribution in [0.5, 0.6) is 5.75 Å². The Bertz CT molecular complexity index is 327. The predicted molar refractivity (Wildman–Crippen MR) is 52.3 cm³/mol. The standard InChI is InChI=1S/C11H14O2/c1-7(2)9-4-8(3)5-11(13)10(9)6-12/h4-7,13H,1-3H3. The number of phenols is 1. The summed E-state index contributed by atoms with van der Waals surface area (Å²) < 4.78 is 0. The Kier molecular flexibility index (Phi) is 2.71. The van der Waals surface area contributed by atoms with Crippen LogP contribution in [0, 0.1) is 6.92 Å². The number of rotatable bonds is 2. The molecular formula is C11H14O2. The fraction of sp³-hybridized carbons (Fsp3) is 0.364. The summed E-state index contributed by atoms with van der Waals surface area (Å²) >= 11 is 0. The van der Waals surface area contributed by atoms with Gasteiger partial charge in [-0.15, -0.1) is 0 Å². The molecule has 0 aliphatic rings. The van der Waals surface area contributed by atoms with Crippen LogP contribution in [0.1, 0.15) is 41.3 Å². The lowest BCUT2D eigenvalue weighted by Crippen LogP contribution is -1.96. The Morgan fingerprint density at radius 2 is 2.00 bits per heavy atom. The number of hydrogen-bond acceptors (Lipinski definition) is 2. The molecule has 0 spiro atoms. The topological polar surface area (TPSA) is 37.3 Å². The normalized spacial score (nSPS) is 10.5. The maximum absolute atomic E-state index is 10.7. The first-order chi connectivity index (χ1) is 6.06. The number of carbonyl (C=O) groups is 1. The van der Waals surface area contributed by atoms with Crippen LogP contribution in [0.15, 0.2) is 12.1 Å². The van der Waals surface area contributed by atoms with Crippen molar-refractivity contribution < 1.29 is 9.90 Å². The second kappa shape index (κ2) is 3.60. The SMILES string of the molecule is Cc1cc(O)c(C=O)c(C(C)C)c1. The molecule has 0 unspecified atom stereocenters. The molecule has 1 aromatic rings. The van der Waals surface area contributed by atoms with Gasteiger partial charge in [-0.25, -0.2) is 0 Å². The van der Waals surface area contributed by atoms with Gasteiger partial charge in [0.25, 0.3) is 0 Å². The summed E-state index contributed by atoms with van der Waals surface area (Å²) in [4.78, 5) is 10.7. The van der Waals surface area contributed by atoms with Crippen molar-refractivity contribution in [3.8, 4) is 5.75 Å². The van der Waals surface area contributed by atoms with Crippen molar-refractivity contribution in [2.45, 2.75) is 26.7 Å². The molecule has 0 saturated heterocycles. The van der Waals surface area contributed by atoms with Crippen LogP contribution >= 0.6 is 0 Å². The number of aldehydes is 1. The number of aromatic hydroxyl groups is 1. The molecule has 0 heterocycles. The molecule has 1 aromatic carbocycles. The number of phenolic OH excluding ortho intramolecular Hbond substituents is 1. The van der Waals surface area contributed by atoms with Gasteiger partial charge in [0, 0.05) is 0 Å². The zero-order valence-corrected chi connectivity index (χ0v) is 8.16. The lowest BCUT2D eigenvalue weighted by atomic mass is 9.95. The van der Waals surface area contributed by atoms with Gasteiger partial charge in [-0.2, -0.15) is 0 Å². The largest absolute Gasteiger partial charge is 0.507 e. The first-order valence-electron chi connectivity index (χ1n) is 4.35. The highest BCUT2D eigenvalue weighted by molar-refractivity contribution is 5.82. The van der Waals surface area contributed by atoms with Crippen LogP contribution in [-0.2, 0) is 0 Å². The highest BCUT2D eigenvalue weighted by atomic mass is 16.3. The molecule has 0 saturated carbocycles. The fourth-order valence-corrected chi connectivity index (χ4v) is 1.41. The van der Waals surface area contributed by atoms with Gasteiger partial charge in [-0.3, -0.25) is 4.79 Å². The van der Waals surface area contributed by atoms with Crippen LogP contribution in [0.3, 0.4) is 0 Å². The quantitative estimate of drug-likeness (QED) is 0.707. The van der Waals surface area contributed by atoms with E-state index in [-0.39, 0.29) is 11.7 Å². The van der Waals surface area contributed by atoms with E-state index in [9.17, 15) is 9.90 Å². The molecule has 0 bridgehead atoms. The van der Waals surface area contributed by atoms with Gasteiger partial charge >= 0.3 is 0 Å². The first-order valence-corrected chi connectivity index (χ1v) is 4.35. The molecule has 0 radical (unpaired) electrons. The fourth-order valence-electron chi connectivity index (χ4n) is 1.41. The monoisotopic (exact) mass is 178 g/mol. The second-order valence-corrected chi connectivity index (χ2v) is 3.56. The van der Waals surface area contributed by atoms with E-state index >= 15 is 0 Å². The molecule has 0 aliphatic carbocycles. The van der Waals surface area contributed by atoms with Gasteiger partial charge in [-0.1, -0.05) is 19.9 Å². The summed E-state index contributed by atoms with van der Waals surface area (Å²) in [5.74, 6) is 0.338. The zero-order chi connectivity index (χ0) is 10.0. The van der Waals surface area contributed by atoms with E-state index in [1.54, 1.807) is 6.07 Å². The van der Waals surface area contributed by atoms with Gasteiger partial charge < -0.3 is 5.11 Å². The van der Waals surface area contributed by atoms with E-state index in [1.165, 1.54) is 0 Å². The van der Waals surface area contributed by atoms with Crippen LogP contribution in [0.25, 0.3) is 0 Å². The van der Waals surface area contributed by atoms with Crippen molar-refractivity contribution >= 4 is 6.29 Å². The van der Waals surface area contributed by atoms with Crippen LogP contribution in [0.4, 0.5) is 0 Å². The lowest BCUT2D eigenvalue weighted by Gasteiger charge is -2.11. The Hall–Kier alpha value is -1.31. The van der Waals surface area contributed by atoms with Crippen molar-refractivity contribution in [1.82, 2.24) is 0 Å². The summed E-state index contributed by atoms with van der Waals surface area (Å²) in [5, 5.41) is 9.49. The summed E-state index contributed by atoms with van der Waals surface area (Å²) in [6.07, 6.45) is 0.712. The third-order valence-electron chi connectivity index (χ3n) is 2.07. The Labute approximate surface area is 78.2 Å². The average Bonchev–Trinajstić information content (AvgIpc) is 2.02. The second-order valence-electron chi connectivity index (χ2n) is 3.56. The van der Waals surface area contributed by atoms with Gasteiger partial charge in [0.05, 0.1) is 5.56 Å². The minimum Gasteiger partial charge on any atom is -0.507 e. The van der Waals surface area contributed by atoms with E-state index in [0.29, 0.717) is 11.8 Å². The van der Waals surface area contributed by atoms with Crippen LogP contribution < -0.4 is 0 Å². The summed E-state index contributed by atoms with van der Waals surface area (Å²) in [7, 11) is 0. The lowest BCUT2D eigenvalue weighted by molar-refractivity contribution is 0.111. The molecule has 0 aromatic heterocycles. The van der Waals surface area contributed by atoms with Gasteiger partial charge in [0.2, 0.25) is 0 Å². The van der Waals surface area contributed by atoms with Crippen LogP contribution in [0.2, 0.25) is 0 Å². The molecule has 1 N–H and O–H groups in total. The van der Waals surface area contributed by atoms with Crippen molar-refractivity contribution in [3.05, 3.63) is 28.8 Å². The summed E-state index contributed by atoms with van der Waals surface area (Å²) in [5.41, 5.74) is 2.31. The highest BCUT2D eigenvalue weighted by Crippen LogP contribution is 2.27. The number of aryl methyl sites for hydroxylation is 1. The summed E-state index contributed by atoms with van der Waals surface area (Å²) in [6, 6.07) is 3.55. The van der Waals surface area contributed by atoms with E-state index in [2.05, 4.69) is 0 Å². The number of carbonyl (C=O) groups excluding carboxylic acids is 1. The average molecular weight is 178 g/mol. The molecule has 2 heteroatoms. The van der Waals surface area contributed by atoms with Gasteiger partial charge in [-0.05, 0) is 30.0 Å². The highest BCUT2D eigenvalue weighted by Gasteiger charge is 2.10. The van der Waals surface area contributed by atoms with E-state index in [0.717, 1.165) is 11.1 Å². The van der Waals surface area contributed by atoms with E-state index in [1.807, 2.05) is 26.8 Å². The molecule has 13 heavy (non-hydrogen) atoms. The Morgan fingerprint density at radius 3 is 2.46 bits per heavy atom. The minimum absolute atomic E-state index is 0.0821. The third-order valence-corrected chi connectivity index (χ3v) is 2.07. The van der Waals surface area contributed by atoms with Crippen molar-refractivity contribution in [3.63, 3.8) is 0 Å². The summed E-state index contributed by atoms with van der Waals surface area (Å²) in [6.45, 7) is 5.91. The van der Waals surface area contributed by atoms with Crippen molar-refractivity contribution in [1.29, 1.82) is 0 Å². The first kappa shape index (κ1) is 9.78. The smallest absolute Gasteiger partial charge is 0.154 e. The molecule has 2 nitrogen and oxygen atoms in total. The van der Waals surface area contributed by atoms with Crippen molar-refractivity contribution in [2.24, 2.45) is 0 Å². The van der Waals surface area contributed by atoms with Crippen molar-refractivity contribution in [2.75, 3.05) is 0 Å². The molecule has 1 rings (SSSR count). The molecule has 0 fully saturated rings. The van der Waals surface area contributed by atoms with E-state index in [4.69, 9.17) is 0 Å². The molecular weight excluding hydrogens is 164 g/mol. The van der Waals surface area contributed by atoms with Gasteiger partial charge in [0.15, 0.2) is 6.29 Å².